The number of carbonyl (C=O) groups excluding carboxylic acids is 4. The Morgan fingerprint density at radius 3 is 1.94 bits per heavy atom. The fraction of sp³-hybridized carbons (Fsp3) is 0.292. The van der Waals surface area contributed by atoms with Crippen molar-refractivity contribution in [1.82, 2.24) is 40.8 Å². The highest BCUT2D eigenvalue weighted by Crippen LogP contribution is 2.47. The Balaban J connectivity index is 0.853. The normalized spacial score (nSPS) is 15.0. The van der Waals surface area contributed by atoms with Crippen LogP contribution in [0.25, 0.3) is 22.5 Å². The topological polar surface area (TPSA) is 202 Å². The first-order valence-corrected chi connectivity index (χ1v) is 21.4. The van der Waals surface area contributed by atoms with E-state index in [1.54, 1.807) is 29.4 Å². The predicted octanol–water partition coefficient (Wildman–Crippen LogP) is 8.44. The molecule has 0 spiro atoms. The van der Waals surface area contributed by atoms with Gasteiger partial charge < -0.3 is 49.8 Å². The molecule has 16 nitrogen and oxygen atoms in total. The van der Waals surface area contributed by atoms with Gasteiger partial charge in [0.2, 0.25) is 5.91 Å². The number of aromatic amines is 2. The number of hydrogen-bond acceptors (Lipinski definition) is 10. The van der Waals surface area contributed by atoms with Crippen LogP contribution in [0.2, 0.25) is 0 Å². The molecule has 2 aliphatic rings. The van der Waals surface area contributed by atoms with E-state index in [1.807, 2.05) is 84.9 Å². The molecule has 1 unspecified atom stereocenters. The maximum atomic E-state index is 14.1. The number of nitrogens with zero attached hydrogens (tertiary/aromatic N) is 3. The number of piperidine rings is 1. The Morgan fingerprint density at radius 2 is 1.30 bits per heavy atom. The van der Waals surface area contributed by atoms with Crippen molar-refractivity contribution in [1.29, 1.82) is 0 Å². The second-order valence-electron chi connectivity index (χ2n) is 15.6. The fourth-order valence-electron chi connectivity index (χ4n) is 7.99. The molecule has 6 aromatic rings. The molecular formula is C48H50N8O8. The van der Waals surface area contributed by atoms with Crippen molar-refractivity contribution in [2.24, 2.45) is 0 Å². The first-order chi connectivity index (χ1) is 31.3. The summed E-state index contributed by atoms with van der Waals surface area (Å²) in [6, 6.07) is 27.6. The number of fused-ring (bicyclic) bond motifs is 2. The SMILES string of the molecule is COC(=O)NC(C(=O)NCCCCCc1ncc(-c2ccc3c(c2)Oc2ccc(-c4cnc([C@@H]5CCCCN5C(=O)[C@H](NC(=O)OC)c5ccccc5)[nH]4)cc2O3)[nH]1)c1ccccc1. The molecule has 330 valence electrons. The van der Waals surface area contributed by atoms with Crippen LogP contribution in [-0.2, 0) is 25.5 Å². The summed E-state index contributed by atoms with van der Waals surface area (Å²) < 4.78 is 22.2. The number of amides is 4. The highest BCUT2D eigenvalue weighted by atomic mass is 16.6. The van der Waals surface area contributed by atoms with Crippen molar-refractivity contribution in [2.75, 3.05) is 27.3 Å². The molecule has 0 radical (unpaired) electrons. The van der Waals surface area contributed by atoms with Crippen molar-refractivity contribution in [3.8, 4) is 45.5 Å². The molecule has 64 heavy (non-hydrogen) atoms. The van der Waals surface area contributed by atoms with Gasteiger partial charge in [-0.1, -0.05) is 67.1 Å². The number of unbranched alkanes of at least 4 members (excludes halogenated alkanes) is 2. The number of aryl methyl sites for hydroxylation is 1. The highest BCUT2D eigenvalue weighted by molar-refractivity contribution is 5.88. The molecule has 0 bridgehead atoms. The van der Waals surface area contributed by atoms with Crippen LogP contribution in [0.1, 0.15) is 79.4 Å². The van der Waals surface area contributed by atoms with Gasteiger partial charge in [0.15, 0.2) is 23.0 Å². The molecule has 16 heteroatoms. The quantitative estimate of drug-likeness (QED) is 0.0623. The van der Waals surface area contributed by atoms with E-state index in [4.69, 9.17) is 23.9 Å². The molecule has 0 aliphatic carbocycles. The molecule has 1 saturated heterocycles. The molecule has 4 heterocycles. The van der Waals surface area contributed by atoms with E-state index in [-0.39, 0.29) is 17.9 Å². The second kappa shape index (κ2) is 20.0. The zero-order chi connectivity index (χ0) is 44.4. The third-order valence-corrected chi connectivity index (χ3v) is 11.3. The molecule has 5 N–H and O–H groups in total. The number of imidazole rings is 2. The van der Waals surface area contributed by atoms with Gasteiger partial charge in [0, 0.05) is 30.6 Å². The van der Waals surface area contributed by atoms with Gasteiger partial charge >= 0.3 is 12.2 Å². The minimum absolute atomic E-state index is 0.229. The smallest absolute Gasteiger partial charge is 0.407 e. The highest BCUT2D eigenvalue weighted by Gasteiger charge is 2.36. The van der Waals surface area contributed by atoms with Gasteiger partial charge in [0.05, 0.1) is 44.0 Å². The summed E-state index contributed by atoms with van der Waals surface area (Å²) in [6.45, 7) is 0.999. The first-order valence-electron chi connectivity index (χ1n) is 21.4. The number of nitrogens with one attached hydrogen (secondary N) is 5. The summed E-state index contributed by atoms with van der Waals surface area (Å²) in [6.07, 6.45) is 7.95. The number of carbonyl (C=O) groups is 4. The van der Waals surface area contributed by atoms with Gasteiger partial charge in [-0.05, 0) is 79.6 Å². The van der Waals surface area contributed by atoms with E-state index in [0.29, 0.717) is 53.0 Å². The van der Waals surface area contributed by atoms with Gasteiger partial charge in [-0.25, -0.2) is 19.6 Å². The van der Waals surface area contributed by atoms with Crippen LogP contribution >= 0.6 is 0 Å². The van der Waals surface area contributed by atoms with Gasteiger partial charge in [-0.3, -0.25) is 9.59 Å². The van der Waals surface area contributed by atoms with Crippen LogP contribution in [0, 0.1) is 0 Å². The zero-order valence-corrected chi connectivity index (χ0v) is 35.6. The van der Waals surface area contributed by atoms with Gasteiger partial charge in [-0.15, -0.1) is 0 Å². The Morgan fingerprint density at radius 1 is 0.703 bits per heavy atom. The number of benzene rings is 4. The van der Waals surface area contributed by atoms with Gasteiger partial charge in [-0.2, -0.15) is 0 Å². The molecule has 4 aromatic carbocycles. The summed E-state index contributed by atoms with van der Waals surface area (Å²) >= 11 is 0. The molecule has 2 aliphatic heterocycles. The summed E-state index contributed by atoms with van der Waals surface area (Å²) in [4.78, 5) is 69.2. The monoisotopic (exact) mass is 866 g/mol. The van der Waals surface area contributed by atoms with E-state index in [0.717, 1.165) is 73.3 Å². The van der Waals surface area contributed by atoms with Crippen LogP contribution in [-0.4, -0.2) is 76.1 Å². The second-order valence-corrected chi connectivity index (χ2v) is 15.6. The number of aromatic nitrogens is 4. The molecule has 0 saturated carbocycles. The van der Waals surface area contributed by atoms with Crippen molar-refractivity contribution < 1.29 is 38.1 Å². The Bertz CT molecular complexity index is 2580. The van der Waals surface area contributed by atoms with Crippen LogP contribution in [0.5, 0.6) is 23.0 Å². The Labute approximate surface area is 370 Å². The van der Waals surface area contributed by atoms with E-state index < -0.39 is 24.3 Å². The lowest BCUT2D eigenvalue weighted by molar-refractivity contribution is -0.137. The van der Waals surface area contributed by atoms with Crippen molar-refractivity contribution in [3.63, 3.8) is 0 Å². The third-order valence-electron chi connectivity index (χ3n) is 11.3. The standard InChI is InChI=1S/C48H50N8O8/c1-61-47(59)54-42(30-14-6-3-7-15-30)45(57)49-24-12-5-10-19-41-50-28-34(52-41)32-20-22-37-39(26-32)63-38-23-21-33(27-40(38)64-37)35-29-51-44(53-35)36-18-11-13-25-56(36)46(58)43(55-48(60)62-2)31-16-8-4-9-17-31/h3-4,6-9,14-17,20-23,26-29,36,42-43H,5,10-13,18-19,24-25H2,1-2H3,(H,49,57)(H,50,52)(H,51,53)(H,54,59)(H,55,60)/t36-,42?,43+/m0/s1. The number of alkyl carbamates (subject to hydrolysis) is 2. The van der Waals surface area contributed by atoms with Gasteiger partial charge in [0.25, 0.3) is 5.91 Å². The van der Waals surface area contributed by atoms with Crippen LogP contribution in [0.4, 0.5) is 9.59 Å². The fourth-order valence-corrected chi connectivity index (χ4v) is 7.99. The number of H-pyrrole nitrogens is 2. The molecule has 4 amide bonds. The van der Waals surface area contributed by atoms with E-state index in [1.165, 1.54) is 14.2 Å². The number of rotatable bonds is 15. The summed E-state index contributed by atoms with van der Waals surface area (Å²) in [7, 11) is 2.54. The maximum absolute atomic E-state index is 14.1. The summed E-state index contributed by atoms with van der Waals surface area (Å²) in [5.41, 5.74) is 4.68. The molecule has 1 fully saturated rings. The van der Waals surface area contributed by atoms with Crippen molar-refractivity contribution in [3.05, 3.63) is 132 Å². The molecular weight excluding hydrogens is 817 g/mol. The molecule has 8 rings (SSSR count). The van der Waals surface area contributed by atoms with Crippen molar-refractivity contribution in [2.45, 2.75) is 63.1 Å². The van der Waals surface area contributed by atoms with Crippen LogP contribution < -0.4 is 25.4 Å². The molecule has 2 aromatic heterocycles. The van der Waals surface area contributed by atoms with E-state index in [2.05, 4.69) is 30.9 Å². The lowest BCUT2D eigenvalue weighted by Crippen LogP contribution is -2.46. The number of likely N-dealkylation sites (tertiary alicyclic amines) is 1. The van der Waals surface area contributed by atoms with Gasteiger partial charge in [0.1, 0.15) is 23.7 Å². The average Bonchev–Trinajstić information content (AvgIpc) is 4.04. The average molecular weight is 867 g/mol. The summed E-state index contributed by atoms with van der Waals surface area (Å²) in [5.74, 6) is 3.27. The minimum atomic E-state index is -0.908. The third kappa shape index (κ3) is 10.0. The number of ether oxygens (including phenoxy) is 4. The lowest BCUT2D eigenvalue weighted by Gasteiger charge is -2.37. The van der Waals surface area contributed by atoms with Crippen LogP contribution in [0.15, 0.2) is 109 Å². The zero-order valence-electron chi connectivity index (χ0n) is 35.6. The largest absolute Gasteiger partial charge is 0.453 e. The maximum Gasteiger partial charge on any atom is 0.407 e. The minimum Gasteiger partial charge on any atom is -0.453 e. The Kier molecular flexibility index (Phi) is 13.5. The lowest BCUT2D eigenvalue weighted by atomic mass is 9.98. The molecule has 3 atom stereocenters. The van der Waals surface area contributed by atoms with Crippen LogP contribution in [0.3, 0.4) is 0 Å². The number of hydrogen-bond donors (Lipinski definition) is 5. The van der Waals surface area contributed by atoms with Crippen molar-refractivity contribution >= 4 is 24.0 Å². The first kappa shape index (κ1) is 43.0. The Hall–Kier alpha value is -7.62. The van der Waals surface area contributed by atoms with E-state index >= 15 is 0 Å². The van der Waals surface area contributed by atoms with E-state index in [9.17, 15) is 19.2 Å². The summed E-state index contributed by atoms with van der Waals surface area (Å²) in [5, 5.41) is 8.25. The predicted molar refractivity (Wildman–Crippen MR) is 237 cm³/mol. The number of methoxy groups -OCH3 is 2.